The van der Waals surface area contributed by atoms with E-state index in [9.17, 15) is 4.79 Å². The number of amides is 1. The van der Waals surface area contributed by atoms with Crippen LogP contribution in [0.3, 0.4) is 0 Å². The van der Waals surface area contributed by atoms with Crippen molar-refractivity contribution in [3.63, 3.8) is 0 Å². The van der Waals surface area contributed by atoms with Gasteiger partial charge >= 0.3 is 0 Å². The Morgan fingerprint density at radius 3 is 2.88 bits per heavy atom. The first-order valence-corrected chi connectivity index (χ1v) is 5.77. The first-order chi connectivity index (χ1) is 7.58. The standard InChI is InChI=1S/C10H15N3O2S/c1-3-7-4-5-8(16-7)10(14)12-6(2)9(11)13-15/h4-6,15H,3H2,1-2H3,(H2,11,13)(H,12,14). The Balaban J connectivity index is 2.65. The molecule has 0 aliphatic carbocycles. The van der Waals surface area contributed by atoms with Gasteiger partial charge in [0.15, 0.2) is 5.84 Å². The molecule has 1 aromatic rings. The molecular formula is C10H15N3O2S. The maximum Gasteiger partial charge on any atom is 0.261 e. The number of hydrogen-bond acceptors (Lipinski definition) is 4. The first-order valence-electron chi connectivity index (χ1n) is 4.95. The fourth-order valence-corrected chi connectivity index (χ4v) is 1.97. The van der Waals surface area contributed by atoms with Crippen molar-refractivity contribution in [2.45, 2.75) is 26.3 Å². The van der Waals surface area contributed by atoms with E-state index in [0.717, 1.165) is 11.3 Å². The van der Waals surface area contributed by atoms with Gasteiger partial charge in [-0.1, -0.05) is 12.1 Å². The molecule has 1 atom stereocenters. The third-order valence-corrected chi connectivity index (χ3v) is 3.37. The molecule has 88 valence electrons. The molecule has 1 aromatic heterocycles. The van der Waals surface area contributed by atoms with Gasteiger partial charge in [-0.3, -0.25) is 4.79 Å². The van der Waals surface area contributed by atoms with Crippen LogP contribution in [0.4, 0.5) is 0 Å². The van der Waals surface area contributed by atoms with Crippen molar-refractivity contribution < 1.29 is 10.0 Å². The van der Waals surface area contributed by atoms with E-state index >= 15 is 0 Å². The molecule has 16 heavy (non-hydrogen) atoms. The van der Waals surface area contributed by atoms with E-state index in [4.69, 9.17) is 10.9 Å². The van der Waals surface area contributed by atoms with Crippen LogP contribution in [0, 0.1) is 0 Å². The van der Waals surface area contributed by atoms with Crippen LogP contribution < -0.4 is 11.1 Å². The van der Waals surface area contributed by atoms with E-state index in [2.05, 4.69) is 10.5 Å². The van der Waals surface area contributed by atoms with Gasteiger partial charge in [0.2, 0.25) is 0 Å². The van der Waals surface area contributed by atoms with Crippen LogP contribution in [0.2, 0.25) is 0 Å². The molecule has 0 aromatic carbocycles. The summed E-state index contributed by atoms with van der Waals surface area (Å²) < 4.78 is 0. The summed E-state index contributed by atoms with van der Waals surface area (Å²) >= 11 is 1.45. The number of aryl methyl sites for hydroxylation is 1. The lowest BCUT2D eigenvalue weighted by Crippen LogP contribution is -2.42. The highest BCUT2D eigenvalue weighted by molar-refractivity contribution is 7.14. The van der Waals surface area contributed by atoms with E-state index in [1.54, 1.807) is 13.0 Å². The second-order valence-corrected chi connectivity index (χ2v) is 4.51. The lowest BCUT2D eigenvalue weighted by Gasteiger charge is -2.10. The molecule has 4 N–H and O–H groups in total. The van der Waals surface area contributed by atoms with Crippen molar-refractivity contribution in [1.82, 2.24) is 5.32 Å². The third kappa shape index (κ3) is 2.96. The number of nitrogens with one attached hydrogen (secondary N) is 1. The van der Waals surface area contributed by atoms with E-state index in [1.165, 1.54) is 11.3 Å². The number of thiophene rings is 1. The summed E-state index contributed by atoms with van der Waals surface area (Å²) in [6.07, 6.45) is 0.910. The second kappa shape index (κ2) is 5.50. The largest absolute Gasteiger partial charge is 0.409 e. The molecular weight excluding hydrogens is 226 g/mol. The van der Waals surface area contributed by atoms with Crippen LogP contribution in [0.25, 0.3) is 0 Å². The molecule has 0 saturated carbocycles. The predicted octanol–water partition coefficient (Wildman–Crippen LogP) is 1.18. The zero-order chi connectivity index (χ0) is 12.1. The monoisotopic (exact) mass is 241 g/mol. The first kappa shape index (κ1) is 12.5. The quantitative estimate of drug-likeness (QED) is 0.320. The Kier molecular flexibility index (Phi) is 4.30. The average molecular weight is 241 g/mol. The van der Waals surface area contributed by atoms with Crippen LogP contribution in [-0.2, 0) is 6.42 Å². The van der Waals surface area contributed by atoms with Crippen LogP contribution in [0.15, 0.2) is 17.3 Å². The molecule has 5 nitrogen and oxygen atoms in total. The van der Waals surface area contributed by atoms with E-state index in [0.29, 0.717) is 4.88 Å². The van der Waals surface area contributed by atoms with Gasteiger partial charge in [-0.15, -0.1) is 11.3 Å². The number of carbonyl (C=O) groups is 1. The second-order valence-electron chi connectivity index (χ2n) is 3.34. The van der Waals surface area contributed by atoms with Gasteiger partial charge in [0.25, 0.3) is 5.91 Å². The Bertz CT molecular complexity index is 401. The van der Waals surface area contributed by atoms with Crippen LogP contribution in [0.1, 0.15) is 28.4 Å². The molecule has 0 aliphatic heterocycles. The number of carbonyl (C=O) groups excluding carboxylic acids is 1. The fraction of sp³-hybridized carbons (Fsp3) is 0.400. The Hall–Kier alpha value is -1.56. The lowest BCUT2D eigenvalue weighted by atomic mass is 10.3. The fourth-order valence-electron chi connectivity index (χ4n) is 1.12. The minimum Gasteiger partial charge on any atom is -0.409 e. The Morgan fingerprint density at radius 1 is 1.69 bits per heavy atom. The SMILES string of the molecule is CCc1ccc(C(=O)NC(C)C(N)=NO)s1. The summed E-state index contributed by atoms with van der Waals surface area (Å²) in [6.45, 7) is 3.69. The average Bonchev–Trinajstić information content (AvgIpc) is 2.76. The summed E-state index contributed by atoms with van der Waals surface area (Å²) in [5.41, 5.74) is 5.36. The molecule has 0 saturated heterocycles. The van der Waals surface area contributed by atoms with Crippen molar-refractivity contribution >= 4 is 23.1 Å². The number of nitrogens with two attached hydrogens (primary N) is 1. The minimum atomic E-state index is -0.482. The molecule has 1 unspecified atom stereocenters. The van der Waals surface area contributed by atoms with Gasteiger partial charge in [0.05, 0.1) is 10.9 Å². The number of amidine groups is 1. The summed E-state index contributed by atoms with van der Waals surface area (Å²) in [7, 11) is 0. The van der Waals surface area contributed by atoms with Gasteiger partial charge in [0, 0.05) is 4.88 Å². The van der Waals surface area contributed by atoms with Crippen molar-refractivity contribution in [1.29, 1.82) is 0 Å². The Labute approximate surface area is 98.0 Å². The van der Waals surface area contributed by atoms with Crippen molar-refractivity contribution in [2.24, 2.45) is 10.9 Å². The summed E-state index contributed by atoms with van der Waals surface area (Å²) in [5, 5.41) is 13.9. The summed E-state index contributed by atoms with van der Waals surface area (Å²) in [6, 6.07) is 3.22. The molecule has 6 heteroatoms. The number of oxime groups is 1. The van der Waals surface area contributed by atoms with E-state index < -0.39 is 6.04 Å². The normalized spacial score (nSPS) is 13.5. The topological polar surface area (TPSA) is 87.7 Å². The maximum atomic E-state index is 11.7. The van der Waals surface area contributed by atoms with Crippen molar-refractivity contribution in [3.8, 4) is 0 Å². The number of nitrogens with zero attached hydrogens (tertiary/aromatic N) is 1. The number of rotatable bonds is 4. The molecule has 0 bridgehead atoms. The highest BCUT2D eigenvalue weighted by Crippen LogP contribution is 2.16. The molecule has 1 heterocycles. The van der Waals surface area contributed by atoms with Gasteiger partial charge in [-0.05, 0) is 25.5 Å². The molecule has 1 rings (SSSR count). The van der Waals surface area contributed by atoms with Gasteiger partial charge in [0.1, 0.15) is 0 Å². The highest BCUT2D eigenvalue weighted by atomic mass is 32.1. The van der Waals surface area contributed by atoms with Gasteiger partial charge < -0.3 is 16.3 Å². The van der Waals surface area contributed by atoms with E-state index in [-0.39, 0.29) is 11.7 Å². The number of hydrogen-bond donors (Lipinski definition) is 3. The smallest absolute Gasteiger partial charge is 0.261 e. The van der Waals surface area contributed by atoms with E-state index in [1.807, 2.05) is 13.0 Å². The molecule has 0 fully saturated rings. The lowest BCUT2D eigenvalue weighted by molar-refractivity contribution is 0.0952. The minimum absolute atomic E-state index is 0.0133. The summed E-state index contributed by atoms with van der Waals surface area (Å²) in [4.78, 5) is 13.5. The van der Waals surface area contributed by atoms with Crippen LogP contribution in [-0.4, -0.2) is 23.0 Å². The predicted molar refractivity (Wildman–Crippen MR) is 64.0 cm³/mol. The highest BCUT2D eigenvalue weighted by Gasteiger charge is 2.14. The van der Waals surface area contributed by atoms with Crippen LogP contribution >= 0.6 is 11.3 Å². The zero-order valence-corrected chi connectivity index (χ0v) is 10.0. The van der Waals surface area contributed by atoms with Crippen molar-refractivity contribution in [2.75, 3.05) is 0 Å². The zero-order valence-electron chi connectivity index (χ0n) is 9.23. The van der Waals surface area contributed by atoms with Crippen LogP contribution in [0.5, 0.6) is 0 Å². The maximum absolute atomic E-state index is 11.7. The molecule has 0 radical (unpaired) electrons. The summed E-state index contributed by atoms with van der Waals surface area (Å²) in [5.74, 6) is -0.218. The third-order valence-electron chi connectivity index (χ3n) is 2.14. The molecule has 1 amide bonds. The van der Waals surface area contributed by atoms with Gasteiger partial charge in [-0.25, -0.2) is 0 Å². The molecule has 0 spiro atoms. The van der Waals surface area contributed by atoms with Gasteiger partial charge in [-0.2, -0.15) is 0 Å². The molecule has 0 aliphatic rings. The van der Waals surface area contributed by atoms with Crippen molar-refractivity contribution in [3.05, 3.63) is 21.9 Å². The Morgan fingerprint density at radius 2 is 2.38 bits per heavy atom.